The van der Waals surface area contributed by atoms with Gasteiger partial charge in [-0.1, -0.05) is 0 Å². The van der Waals surface area contributed by atoms with Crippen molar-refractivity contribution in [3.63, 3.8) is 0 Å². The quantitative estimate of drug-likeness (QED) is 0.632. The van der Waals surface area contributed by atoms with Crippen molar-refractivity contribution in [2.24, 2.45) is 0 Å². The maximum atomic E-state index is 11.4. The number of halogens is 3. The number of carbonyl (C=O) groups excluding carboxylic acids is 1. The molecule has 66 valence electrons. The third kappa shape index (κ3) is 7.51. The smallest absolute Gasteiger partial charge is 0.442 e. The summed E-state index contributed by atoms with van der Waals surface area (Å²) in [5, 5.41) is 0. The minimum absolute atomic E-state index is 0.108. The van der Waals surface area contributed by atoms with Gasteiger partial charge in [0.2, 0.25) is 0 Å². The second-order valence-electron chi connectivity index (χ2n) is 1.54. The molecule has 2 nitrogen and oxygen atoms in total. The summed E-state index contributed by atoms with van der Waals surface area (Å²) in [7, 11) is 0. The van der Waals surface area contributed by atoms with Crippen LogP contribution in [0.3, 0.4) is 0 Å². The summed E-state index contributed by atoms with van der Waals surface area (Å²) in [6.07, 6.45) is 0. The molecular weight excluding hydrogens is 181 g/mol. The third-order valence-electron chi connectivity index (χ3n) is 0.659. The van der Waals surface area contributed by atoms with E-state index < -0.39 is 29.0 Å². The van der Waals surface area contributed by atoms with Crippen LogP contribution in [0.1, 0.15) is 6.92 Å². The molecule has 0 aliphatic carbocycles. The van der Waals surface area contributed by atoms with Crippen molar-refractivity contribution >= 4 is 17.7 Å². The summed E-state index contributed by atoms with van der Waals surface area (Å²) in [5.41, 5.74) is -4.35. The number of hydrogen-bond acceptors (Lipinski definition) is 3. The van der Waals surface area contributed by atoms with Crippen LogP contribution >= 0.6 is 11.8 Å². The van der Waals surface area contributed by atoms with E-state index in [-0.39, 0.29) is 6.61 Å². The highest BCUT2D eigenvalue weighted by atomic mass is 32.2. The molecule has 0 amide bonds. The highest BCUT2D eigenvalue weighted by Gasteiger charge is 2.29. The van der Waals surface area contributed by atoms with Crippen LogP contribution in [0.5, 0.6) is 0 Å². The molecule has 0 fully saturated rings. The zero-order valence-electron chi connectivity index (χ0n) is 5.77. The average Bonchev–Trinajstić information content (AvgIpc) is 1.83. The van der Waals surface area contributed by atoms with Gasteiger partial charge in [0.15, 0.2) is 0 Å². The molecule has 11 heavy (non-hydrogen) atoms. The van der Waals surface area contributed by atoms with Gasteiger partial charge in [-0.15, -0.1) is 0 Å². The summed E-state index contributed by atoms with van der Waals surface area (Å²) < 4.78 is 38.5. The number of rotatable bonds is 3. The Bertz CT molecular complexity index is 134. The number of hydrogen-bond donors (Lipinski definition) is 0. The Morgan fingerprint density at radius 2 is 2.09 bits per heavy atom. The molecule has 0 N–H and O–H groups in total. The molecule has 0 radical (unpaired) electrons. The van der Waals surface area contributed by atoms with Gasteiger partial charge in [0.1, 0.15) is 5.75 Å². The fourth-order valence-corrected chi connectivity index (χ4v) is 0.708. The van der Waals surface area contributed by atoms with Crippen LogP contribution in [0.25, 0.3) is 0 Å². The van der Waals surface area contributed by atoms with Gasteiger partial charge in [0.05, 0.1) is 6.61 Å². The van der Waals surface area contributed by atoms with E-state index >= 15 is 0 Å². The Balaban J connectivity index is 3.46. The zero-order chi connectivity index (χ0) is 8.91. The van der Waals surface area contributed by atoms with Crippen LogP contribution in [0.4, 0.5) is 13.2 Å². The normalized spacial score (nSPS) is 11.3. The molecule has 0 saturated carbocycles. The minimum Gasteiger partial charge on any atom is -0.465 e. The van der Waals surface area contributed by atoms with E-state index in [9.17, 15) is 18.0 Å². The Labute approximate surface area is 66.1 Å². The van der Waals surface area contributed by atoms with E-state index in [0.717, 1.165) is 0 Å². The summed E-state index contributed by atoms with van der Waals surface area (Å²) in [4.78, 5) is 10.3. The Kier molecular flexibility index (Phi) is 4.32. The number of esters is 1. The van der Waals surface area contributed by atoms with Crippen LogP contribution in [0.2, 0.25) is 0 Å². The van der Waals surface area contributed by atoms with Crippen molar-refractivity contribution in [3.05, 3.63) is 0 Å². The summed E-state index contributed by atoms with van der Waals surface area (Å²) in [5.74, 6) is -1.51. The molecule has 0 saturated heterocycles. The highest BCUT2D eigenvalue weighted by molar-refractivity contribution is 8.00. The monoisotopic (exact) mass is 188 g/mol. The van der Waals surface area contributed by atoms with Gasteiger partial charge in [-0.3, -0.25) is 4.79 Å². The van der Waals surface area contributed by atoms with Gasteiger partial charge in [-0.2, -0.15) is 13.2 Å². The van der Waals surface area contributed by atoms with Crippen molar-refractivity contribution in [2.75, 3.05) is 12.4 Å². The van der Waals surface area contributed by atoms with Crippen molar-refractivity contribution in [3.8, 4) is 0 Å². The van der Waals surface area contributed by atoms with Gasteiger partial charge in [-0.05, 0) is 18.7 Å². The second kappa shape index (κ2) is 4.48. The Hall–Kier alpha value is -0.390. The fourth-order valence-electron chi connectivity index (χ4n) is 0.343. The summed E-state index contributed by atoms with van der Waals surface area (Å²) in [6, 6.07) is 0. The largest absolute Gasteiger partial charge is 0.465 e. The number of thioether (sulfide) groups is 1. The van der Waals surface area contributed by atoms with E-state index in [2.05, 4.69) is 4.74 Å². The molecule has 0 aliphatic heterocycles. The lowest BCUT2D eigenvalue weighted by atomic mass is 10.8. The van der Waals surface area contributed by atoms with Crippen LogP contribution in [0, 0.1) is 0 Å². The molecule has 0 aromatic carbocycles. The number of ether oxygens (including phenoxy) is 1. The Morgan fingerprint density at radius 3 is 2.45 bits per heavy atom. The van der Waals surface area contributed by atoms with Gasteiger partial charge in [0.25, 0.3) is 0 Å². The average molecular weight is 188 g/mol. The topological polar surface area (TPSA) is 26.3 Å². The van der Waals surface area contributed by atoms with Gasteiger partial charge in [0, 0.05) is 0 Å². The van der Waals surface area contributed by atoms with Crippen LogP contribution in [-0.4, -0.2) is 23.8 Å². The first-order chi connectivity index (χ1) is 4.95. The predicted molar refractivity (Wildman–Crippen MR) is 35.1 cm³/mol. The standard InChI is InChI=1S/C5H7F3O2S/c1-2-10-4(9)3-11-5(6,7)8/h2-3H2,1H3. The molecule has 0 aromatic rings. The van der Waals surface area contributed by atoms with Crippen LogP contribution in [0.15, 0.2) is 0 Å². The minimum atomic E-state index is -4.35. The van der Waals surface area contributed by atoms with Crippen molar-refractivity contribution < 1.29 is 22.7 Å². The second-order valence-corrected chi connectivity index (χ2v) is 2.58. The first-order valence-electron chi connectivity index (χ1n) is 2.82. The van der Waals surface area contributed by atoms with Gasteiger partial charge >= 0.3 is 11.5 Å². The van der Waals surface area contributed by atoms with Crippen molar-refractivity contribution in [2.45, 2.75) is 12.4 Å². The SMILES string of the molecule is CCOC(=O)CSC(F)(F)F. The maximum absolute atomic E-state index is 11.4. The van der Waals surface area contributed by atoms with Crippen LogP contribution < -0.4 is 0 Å². The third-order valence-corrected chi connectivity index (χ3v) is 1.37. The lowest BCUT2D eigenvalue weighted by Crippen LogP contribution is -2.11. The molecule has 0 aromatic heterocycles. The van der Waals surface area contributed by atoms with E-state index in [0.29, 0.717) is 0 Å². The molecule has 0 heterocycles. The van der Waals surface area contributed by atoms with E-state index in [1.165, 1.54) is 6.92 Å². The molecule has 0 rings (SSSR count). The predicted octanol–water partition coefficient (Wildman–Crippen LogP) is 1.80. The van der Waals surface area contributed by atoms with Crippen molar-refractivity contribution in [1.82, 2.24) is 0 Å². The van der Waals surface area contributed by atoms with E-state index in [1.54, 1.807) is 0 Å². The van der Waals surface area contributed by atoms with E-state index in [4.69, 9.17) is 0 Å². The molecule has 0 unspecified atom stereocenters. The molecule has 0 aliphatic rings. The zero-order valence-corrected chi connectivity index (χ0v) is 6.59. The number of carbonyl (C=O) groups is 1. The lowest BCUT2D eigenvalue weighted by Gasteiger charge is -2.04. The molecule has 0 spiro atoms. The summed E-state index contributed by atoms with van der Waals surface area (Å²) in [6.45, 7) is 1.65. The van der Waals surface area contributed by atoms with E-state index in [1.807, 2.05) is 0 Å². The number of alkyl halides is 3. The molecule has 0 atom stereocenters. The van der Waals surface area contributed by atoms with Gasteiger partial charge in [-0.25, -0.2) is 0 Å². The first-order valence-corrected chi connectivity index (χ1v) is 3.80. The first kappa shape index (κ1) is 10.6. The molecule has 6 heteroatoms. The maximum Gasteiger partial charge on any atom is 0.442 e. The Morgan fingerprint density at radius 1 is 1.55 bits per heavy atom. The van der Waals surface area contributed by atoms with Gasteiger partial charge < -0.3 is 4.74 Å². The fraction of sp³-hybridized carbons (Fsp3) is 0.800. The molecule has 0 bridgehead atoms. The summed E-state index contributed by atoms with van der Waals surface area (Å²) >= 11 is -0.393. The lowest BCUT2D eigenvalue weighted by molar-refractivity contribution is -0.140. The molecular formula is C5H7F3O2S. The van der Waals surface area contributed by atoms with Crippen molar-refractivity contribution in [1.29, 1.82) is 0 Å². The van der Waals surface area contributed by atoms with Crippen LogP contribution in [-0.2, 0) is 9.53 Å². The highest BCUT2D eigenvalue weighted by Crippen LogP contribution is 2.29.